The Kier molecular flexibility index (Phi) is 5.98. The molecule has 0 aromatic heterocycles. The minimum Gasteiger partial charge on any atom is -0.310 e. The van der Waals surface area contributed by atoms with E-state index in [0.717, 1.165) is 28.9 Å². The lowest BCUT2D eigenvalue weighted by molar-refractivity contribution is 0.538. The van der Waals surface area contributed by atoms with Crippen LogP contribution in [0.1, 0.15) is 18.9 Å². The largest absolute Gasteiger partial charge is 0.310 e. The molecule has 0 spiro atoms. The van der Waals surface area contributed by atoms with Gasteiger partial charge in [-0.25, -0.2) is 0 Å². The molecule has 1 nitrogen and oxygen atoms in total. The quantitative estimate of drug-likeness (QED) is 0.801. The van der Waals surface area contributed by atoms with Crippen LogP contribution in [-0.4, -0.2) is 11.4 Å². The summed E-state index contributed by atoms with van der Waals surface area (Å²) in [6.07, 6.45) is 1.10. The van der Waals surface area contributed by atoms with Crippen LogP contribution in [0.4, 0.5) is 0 Å². The number of hydrogen-bond acceptors (Lipinski definition) is 1. The van der Waals surface area contributed by atoms with Crippen molar-refractivity contribution >= 4 is 39.1 Å². The molecule has 84 valence electrons. The van der Waals surface area contributed by atoms with Crippen molar-refractivity contribution in [2.45, 2.75) is 25.9 Å². The van der Waals surface area contributed by atoms with Crippen LogP contribution < -0.4 is 5.32 Å². The fraction of sp³-hybridized carbons (Fsp3) is 0.455. The maximum atomic E-state index is 6.06. The first kappa shape index (κ1) is 13.3. The molecule has 0 fully saturated rings. The smallest absolute Gasteiger partial charge is 0.0465 e. The Morgan fingerprint density at radius 1 is 1.40 bits per heavy atom. The maximum absolute atomic E-state index is 6.06. The summed E-state index contributed by atoms with van der Waals surface area (Å²) in [7, 11) is 0. The Bertz CT molecular complexity index is 317. The number of benzene rings is 1. The van der Waals surface area contributed by atoms with Gasteiger partial charge in [-0.3, -0.25) is 0 Å². The average molecular weight is 311 g/mol. The molecule has 0 saturated carbocycles. The first-order valence-corrected chi connectivity index (χ1v) is 6.74. The van der Waals surface area contributed by atoms with Gasteiger partial charge in [0.2, 0.25) is 0 Å². The van der Waals surface area contributed by atoms with Gasteiger partial charge in [0.1, 0.15) is 0 Å². The first-order valence-electron chi connectivity index (χ1n) is 4.86. The fourth-order valence-corrected chi connectivity index (χ4v) is 2.38. The standard InChI is InChI=1S/C11H14BrCl2N/c1-8(4-5-12)15-7-9-2-3-10(13)6-11(9)14/h2-3,6,8,15H,4-5,7H2,1H3. The van der Waals surface area contributed by atoms with Gasteiger partial charge in [-0.05, 0) is 31.0 Å². The summed E-state index contributed by atoms with van der Waals surface area (Å²) in [5, 5.41) is 5.81. The highest BCUT2D eigenvalue weighted by Crippen LogP contribution is 2.20. The molecule has 0 bridgehead atoms. The first-order chi connectivity index (χ1) is 7.13. The number of halogens is 3. The predicted molar refractivity (Wildman–Crippen MR) is 71.2 cm³/mol. The molecule has 1 rings (SSSR count). The highest BCUT2D eigenvalue weighted by molar-refractivity contribution is 9.09. The van der Waals surface area contributed by atoms with Gasteiger partial charge in [0.15, 0.2) is 0 Å². The van der Waals surface area contributed by atoms with Crippen molar-refractivity contribution < 1.29 is 0 Å². The van der Waals surface area contributed by atoms with E-state index in [1.807, 2.05) is 12.1 Å². The Morgan fingerprint density at radius 3 is 2.73 bits per heavy atom. The van der Waals surface area contributed by atoms with E-state index < -0.39 is 0 Å². The van der Waals surface area contributed by atoms with E-state index in [4.69, 9.17) is 23.2 Å². The molecule has 1 aromatic rings. The van der Waals surface area contributed by atoms with Gasteiger partial charge < -0.3 is 5.32 Å². The van der Waals surface area contributed by atoms with Crippen LogP contribution in [0.25, 0.3) is 0 Å². The Balaban J connectivity index is 2.50. The summed E-state index contributed by atoms with van der Waals surface area (Å²) in [5.41, 5.74) is 1.09. The molecular weight excluding hydrogens is 297 g/mol. The average Bonchev–Trinajstić information content (AvgIpc) is 2.17. The Labute approximate surface area is 109 Å². The zero-order valence-corrected chi connectivity index (χ0v) is 11.7. The molecule has 15 heavy (non-hydrogen) atoms. The molecule has 1 aromatic carbocycles. The minimum absolute atomic E-state index is 0.483. The third-order valence-corrected chi connectivity index (χ3v) is 3.24. The minimum atomic E-state index is 0.483. The third-order valence-electron chi connectivity index (χ3n) is 2.20. The van der Waals surface area contributed by atoms with Gasteiger partial charge in [-0.1, -0.05) is 45.2 Å². The summed E-state index contributed by atoms with van der Waals surface area (Å²) in [6.45, 7) is 2.94. The van der Waals surface area contributed by atoms with Gasteiger partial charge in [0, 0.05) is 28.0 Å². The van der Waals surface area contributed by atoms with Crippen LogP contribution in [0, 0.1) is 0 Å². The van der Waals surface area contributed by atoms with Gasteiger partial charge in [-0.15, -0.1) is 0 Å². The lowest BCUT2D eigenvalue weighted by Gasteiger charge is -2.13. The summed E-state index contributed by atoms with van der Waals surface area (Å²) >= 11 is 15.3. The van der Waals surface area contributed by atoms with Crippen LogP contribution in [0.15, 0.2) is 18.2 Å². The van der Waals surface area contributed by atoms with Crippen LogP contribution in [0.2, 0.25) is 10.0 Å². The van der Waals surface area contributed by atoms with E-state index in [1.165, 1.54) is 0 Å². The van der Waals surface area contributed by atoms with Crippen molar-refractivity contribution in [1.29, 1.82) is 0 Å². The molecule has 0 aliphatic rings. The predicted octanol–water partition coefficient (Wildman–Crippen LogP) is 4.26. The third kappa shape index (κ3) is 4.73. The van der Waals surface area contributed by atoms with Crippen molar-refractivity contribution in [3.05, 3.63) is 33.8 Å². The van der Waals surface area contributed by atoms with Gasteiger partial charge in [0.25, 0.3) is 0 Å². The second-order valence-electron chi connectivity index (χ2n) is 3.50. The van der Waals surface area contributed by atoms with E-state index in [9.17, 15) is 0 Å². The zero-order valence-electron chi connectivity index (χ0n) is 8.56. The Hall–Kier alpha value is 0.240. The van der Waals surface area contributed by atoms with Crippen molar-refractivity contribution in [3.63, 3.8) is 0 Å². The van der Waals surface area contributed by atoms with Crippen LogP contribution in [0.5, 0.6) is 0 Å². The maximum Gasteiger partial charge on any atom is 0.0465 e. The fourth-order valence-electron chi connectivity index (χ4n) is 1.21. The van der Waals surface area contributed by atoms with Crippen molar-refractivity contribution in [3.8, 4) is 0 Å². The van der Waals surface area contributed by atoms with Crippen LogP contribution in [0.3, 0.4) is 0 Å². The summed E-state index contributed by atoms with van der Waals surface area (Å²) in [4.78, 5) is 0. The van der Waals surface area contributed by atoms with Crippen molar-refractivity contribution in [1.82, 2.24) is 5.32 Å². The van der Waals surface area contributed by atoms with E-state index in [1.54, 1.807) is 6.07 Å². The molecule has 4 heteroatoms. The molecule has 0 aliphatic heterocycles. The lowest BCUT2D eigenvalue weighted by atomic mass is 10.2. The molecular formula is C11H14BrCl2N. The van der Waals surface area contributed by atoms with Gasteiger partial charge >= 0.3 is 0 Å². The molecule has 0 saturated heterocycles. The number of rotatable bonds is 5. The van der Waals surface area contributed by atoms with Crippen LogP contribution >= 0.6 is 39.1 Å². The highest BCUT2D eigenvalue weighted by atomic mass is 79.9. The Morgan fingerprint density at radius 2 is 2.13 bits per heavy atom. The van der Waals surface area contributed by atoms with Gasteiger partial charge in [0.05, 0.1) is 0 Å². The van der Waals surface area contributed by atoms with Gasteiger partial charge in [-0.2, -0.15) is 0 Å². The molecule has 0 heterocycles. The topological polar surface area (TPSA) is 12.0 Å². The summed E-state index contributed by atoms with van der Waals surface area (Å²) in [5.74, 6) is 0. The summed E-state index contributed by atoms with van der Waals surface area (Å²) < 4.78 is 0. The second-order valence-corrected chi connectivity index (χ2v) is 5.13. The zero-order chi connectivity index (χ0) is 11.3. The molecule has 1 unspecified atom stereocenters. The number of hydrogen-bond donors (Lipinski definition) is 1. The second kappa shape index (κ2) is 6.74. The number of nitrogens with one attached hydrogen (secondary N) is 1. The molecule has 1 atom stereocenters. The van der Waals surface area contributed by atoms with Crippen LogP contribution in [-0.2, 0) is 6.54 Å². The lowest BCUT2D eigenvalue weighted by Crippen LogP contribution is -2.25. The molecule has 0 aliphatic carbocycles. The van der Waals surface area contributed by atoms with Crippen molar-refractivity contribution in [2.24, 2.45) is 0 Å². The normalized spacial score (nSPS) is 12.8. The molecule has 0 amide bonds. The van der Waals surface area contributed by atoms with E-state index in [2.05, 4.69) is 28.2 Å². The van der Waals surface area contributed by atoms with E-state index in [-0.39, 0.29) is 0 Å². The van der Waals surface area contributed by atoms with Crippen molar-refractivity contribution in [2.75, 3.05) is 5.33 Å². The monoisotopic (exact) mass is 309 g/mol. The molecule has 0 radical (unpaired) electrons. The number of alkyl halides is 1. The SMILES string of the molecule is CC(CCBr)NCc1ccc(Cl)cc1Cl. The van der Waals surface area contributed by atoms with E-state index >= 15 is 0 Å². The summed E-state index contributed by atoms with van der Waals surface area (Å²) in [6, 6.07) is 6.07. The molecule has 1 N–H and O–H groups in total. The highest BCUT2D eigenvalue weighted by Gasteiger charge is 2.03. The van der Waals surface area contributed by atoms with E-state index in [0.29, 0.717) is 11.1 Å².